The number of carbonyl (C=O) groups excluding carboxylic acids is 1. The Morgan fingerprint density at radius 2 is 2.17 bits per heavy atom. The quantitative estimate of drug-likeness (QED) is 0.805. The minimum atomic E-state index is 0.207. The third kappa shape index (κ3) is 3.95. The molecule has 0 saturated carbocycles. The summed E-state index contributed by atoms with van der Waals surface area (Å²) in [6, 6.07) is 0.648. The van der Waals surface area contributed by atoms with E-state index >= 15 is 0 Å². The number of likely N-dealkylation sites (N-methyl/N-ethyl adjacent to an activating group) is 1. The molecule has 18 heavy (non-hydrogen) atoms. The van der Waals surface area contributed by atoms with Crippen LogP contribution in [0.1, 0.15) is 40.0 Å². The number of amides is 1. The topological polar surface area (TPSA) is 49.6 Å². The highest BCUT2D eigenvalue weighted by Crippen LogP contribution is 2.24. The molecule has 1 amide bonds. The molecule has 0 aromatic carbocycles. The van der Waals surface area contributed by atoms with Crippen molar-refractivity contribution in [1.82, 2.24) is 9.80 Å². The molecule has 106 valence electrons. The van der Waals surface area contributed by atoms with E-state index in [1.807, 2.05) is 25.8 Å². The van der Waals surface area contributed by atoms with Crippen molar-refractivity contribution in [3.05, 3.63) is 0 Å². The zero-order valence-electron chi connectivity index (χ0n) is 12.4. The van der Waals surface area contributed by atoms with Crippen LogP contribution in [0.15, 0.2) is 0 Å². The molecule has 1 heterocycles. The second kappa shape index (κ2) is 7.10. The van der Waals surface area contributed by atoms with Crippen LogP contribution in [0, 0.1) is 5.92 Å². The van der Waals surface area contributed by atoms with Gasteiger partial charge in [-0.15, -0.1) is 0 Å². The maximum absolute atomic E-state index is 12.1. The number of hydrogen-bond donors (Lipinski definition) is 1. The van der Waals surface area contributed by atoms with Crippen molar-refractivity contribution in [3.63, 3.8) is 0 Å². The number of piperidine rings is 1. The first-order chi connectivity index (χ1) is 8.49. The summed E-state index contributed by atoms with van der Waals surface area (Å²) in [5.41, 5.74) is 5.86. The highest BCUT2D eigenvalue weighted by molar-refractivity contribution is 5.78. The molecule has 0 aromatic rings. The van der Waals surface area contributed by atoms with Crippen molar-refractivity contribution in [1.29, 1.82) is 0 Å². The number of nitrogens with two attached hydrogens (primary N) is 1. The fourth-order valence-corrected chi connectivity index (χ4v) is 2.58. The van der Waals surface area contributed by atoms with Crippen LogP contribution in [0.4, 0.5) is 0 Å². The van der Waals surface area contributed by atoms with Gasteiger partial charge < -0.3 is 10.6 Å². The van der Waals surface area contributed by atoms with E-state index in [0.717, 1.165) is 18.9 Å². The number of rotatable bonds is 5. The Kier molecular flexibility index (Phi) is 6.09. The molecule has 0 spiro atoms. The minimum Gasteiger partial charge on any atom is -0.342 e. The van der Waals surface area contributed by atoms with Crippen molar-refractivity contribution < 1.29 is 4.79 Å². The molecule has 4 nitrogen and oxygen atoms in total. The molecule has 0 aromatic heterocycles. The van der Waals surface area contributed by atoms with Crippen LogP contribution < -0.4 is 5.73 Å². The van der Waals surface area contributed by atoms with Crippen molar-refractivity contribution in [2.75, 3.05) is 26.7 Å². The molecule has 1 aliphatic heterocycles. The Bertz CT molecular complexity index is 268. The molecule has 1 fully saturated rings. The third-order valence-electron chi connectivity index (χ3n) is 4.30. The monoisotopic (exact) mass is 255 g/mol. The number of nitrogens with zero attached hydrogens (tertiary/aromatic N) is 2. The summed E-state index contributed by atoms with van der Waals surface area (Å²) >= 11 is 0. The van der Waals surface area contributed by atoms with E-state index in [1.165, 1.54) is 12.8 Å². The van der Waals surface area contributed by atoms with Crippen LogP contribution >= 0.6 is 0 Å². The first kappa shape index (κ1) is 15.4. The fraction of sp³-hybridized carbons (Fsp3) is 0.929. The molecule has 1 rings (SSSR count). The molecule has 0 aliphatic carbocycles. The molecule has 0 radical (unpaired) electrons. The molecule has 2 atom stereocenters. The van der Waals surface area contributed by atoms with Crippen LogP contribution in [-0.2, 0) is 4.79 Å². The summed E-state index contributed by atoms with van der Waals surface area (Å²) < 4.78 is 0. The Labute approximate surface area is 111 Å². The van der Waals surface area contributed by atoms with E-state index in [0.29, 0.717) is 19.1 Å². The van der Waals surface area contributed by atoms with Gasteiger partial charge in [0.15, 0.2) is 0 Å². The fourth-order valence-electron chi connectivity index (χ4n) is 2.58. The molecular formula is C14H29N3O. The number of carbonyl (C=O) groups is 1. The Morgan fingerprint density at radius 3 is 2.67 bits per heavy atom. The molecule has 0 bridgehead atoms. The lowest BCUT2D eigenvalue weighted by Gasteiger charge is -2.39. The smallest absolute Gasteiger partial charge is 0.236 e. The summed E-state index contributed by atoms with van der Waals surface area (Å²) in [7, 11) is 1.88. The second-order valence-electron chi connectivity index (χ2n) is 5.76. The SMILES string of the molecule is CCC1CCN(CC(=O)N(C)C(C)C)C(CN)C1. The van der Waals surface area contributed by atoms with Gasteiger partial charge in [-0.2, -0.15) is 0 Å². The average Bonchev–Trinajstić information content (AvgIpc) is 2.37. The van der Waals surface area contributed by atoms with Crippen LogP contribution in [0.5, 0.6) is 0 Å². The van der Waals surface area contributed by atoms with E-state index in [-0.39, 0.29) is 11.9 Å². The van der Waals surface area contributed by atoms with Gasteiger partial charge in [-0.05, 0) is 39.2 Å². The van der Waals surface area contributed by atoms with Crippen LogP contribution in [0.25, 0.3) is 0 Å². The zero-order chi connectivity index (χ0) is 13.7. The summed E-state index contributed by atoms with van der Waals surface area (Å²) in [6.07, 6.45) is 3.57. The van der Waals surface area contributed by atoms with Crippen LogP contribution in [0.2, 0.25) is 0 Å². The van der Waals surface area contributed by atoms with Gasteiger partial charge in [-0.1, -0.05) is 13.3 Å². The van der Waals surface area contributed by atoms with E-state index in [9.17, 15) is 4.79 Å². The van der Waals surface area contributed by atoms with Gasteiger partial charge in [-0.25, -0.2) is 0 Å². The average molecular weight is 255 g/mol. The van der Waals surface area contributed by atoms with Crippen LogP contribution in [0.3, 0.4) is 0 Å². The summed E-state index contributed by atoms with van der Waals surface area (Å²) in [5.74, 6) is 0.992. The molecule has 1 aliphatic rings. The van der Waals surface area contributed by atoms with Crippen LogP contribution in [-0.4, -0.2) is 54.5 Å². The normalized spacial score (nSPS) is 25.4. The standard InChI is InChI=1S/C14H29N3O/c1-5-12-6-7-17(13(8-12)9-15)10-14(18)16(4)11(2)3/h11-13H,5-10,15H2,1-4H3. The third-order valence-corrected chi connectivity index (χ3v) is 4.30. The molecule has 2 N–H and O–H groups in total. The molecular weight excluding hydrogens is 226 g/mol. The van der Waals surface area contributed by atoms with Gasteiger partial charge in [-0.3, -0.25) is 9.69 Å². The number of hydrogen-bond acceptors (Lipinski definition) is 3. The van der Waals surface area contributed by atoms with Gasteiger partial charge in [0.05, 0.1) is 6.54 Å². The predicted octanol–water partition coefficient (Wildman–Crippen LogP) is 1.30. The van der Waals surface area contributed by atoms with Gasteiger partial charge in [0.25, 0.3) is 0 Å². The Hall–Kier alpha value is -0.610. The first-order valence-electron chi connectivity index (χ1n) is 7.19. The lowest BCUT2D eigenvalue weighted by Crippen LogP contribution is -2.51. The second-order valence-corrected chi connectivity index (χ2v) is 5.76. The molecule has 2 unspecified atom stereocenters. The maximum Gasteiger partial charge on any atom is 0.236 e. The van der Waals surface area contributed by atoms with E-state index in [2.05, 4.69) is 11.8 Å². The first-order valence-corrected chi connectivity index (χ1v) is 7.19. The minimum absolute atomic E-state index is 0.207. The number of likely N-dealkylation sites (tertiary alicyclic amines) is 1. The lowest BCUT2D eigenvalue weighted by atomic mass is 9.89. The van der Waals surface area contributed by atoms with Crippen molar-refractivity contribution >= 4 is 5.91 Å². The summed E-state index contributed by atoms with van der Waals surface area (Å²) in [5, 5.41) is 0. The largest absolute Gasteiger partial charge is 0.342 e. The zero-order valence-corrected chi connectivity index (χ0v) is 12.4. The van der Waals surface area contributed by atoms with E-state index in [1.54, 1.807) is 0 Å². The van der Waals surface area contributed by atoms with Gasteiger partial charge in [0, 0.05) is 25.7 Å². The maximum atomic E-state index is 12.1. The highest BCUT2D eigenvalue weighted by Gasteiger charge is 2.28. The Balaban J connectivity index is 2.53. The summed E-state index contributed by atoms with van der Waals surface area (Å²) in [6.45, 7) is 8.52. The van der Waals surface area contributed by atoms with Gasteiger partial charge >= 0.3 is 0 Å². The molecule has 4 heteroatoms. The van der Waals surface area contributed by atoms with Gasteiger partial charge in [0.1, 0.15) is 0 Å². The van der Waals surface area contributed by atoms with Gasteiger partial charge in [0.2, 0.25) is 5.91 Å². The molecule has 1 saturated heterocycles. The van der Waals surface area contributed by atoms with Crippen molar-refractivity contribution in [2.24, 2.45) is 11.7 Å². The van der Waals surface area contributed by atoms with Crippen molar-refractivity contribution in [3.8, 4) is 0 Å². The van der Waals surface area contributed by atoms with E-state index in [4.69, 9.17) is 5.73 Å². The summed E-state index contributed by atoms with van der Waals surface area (Å²) in [4.78, 5) is 16.2. The predicted molar refractivity (Wildman–Crippen MR) is 75.3 cm³/mol. The lowest BCUT2D eigenvalue weighted by molar-refractivity contribution is -0.133. The Morgan fingerprint density at radius 1 is 1.50 bits per heavy atom. The van der Waals surface area contributed by atoms with E-state index < -0.39 is 0 Å². The van der Waals surface area contributed by atoms with Crippen molar-refractivity contribution in [2.45, 2.75) is 52.1 Å². The highest BCUT2D eigenvalue weighted by atomic mass is 16.2.